The molecule has 2 aromatic rings. The maximum Gasteiger partial charge on any atom is 0.254 e. The van der Waals surface area contributed by atoms with Gasteiger partial charge in [-0.1, -0.05) is 42.5 Å². The number of carbonyl (C=O) groups is 1. The van der Waals surface area contributed by atoms with Crippen molar-refractivity contribution in [1.29, 1.82) is 0 Å². The average Bonchev–Trinajstić information content (AvgIpc) is 2.53. The molecule has 0 unspecified atom stereocenters. The van der Waals surface area contributed by atoms with Crippen LogP contribution in [0.4, 0.5) is 0 Å². The Bertz CT molecular complexity index is 582. The lowest BCUT2D eigenvalue weighted by Crippen LogP contribution is -2.36. The van der Waals surface area contributed by atoms with Gasteiger partial charge in [-0.3, -0.25) is 4.79 Å². The zero-order chi connectivity index (χ0) is 15.2. The van der Waals surface area contributed by atoms with Gasteiger partial charge in [0, 0.05) is 24.7 Å². The fourth-order valence-electron chi connectivity index (χ4n) is 2.22. The molecule has 2 rings (SSSR count). The van der Waals surface area contributed by atoms with Crippen molar-refractivity contribution < 1.29 is 4.79 Å². The van der Waals surface area contributed by atoms with Gasteiger partial charge < -0.3 is 10.6 Å². The summed E-state index contributed by atoms with van der Waals surface area (Å²) in [6.07, 6.45) is 0. The zero-order valence-corrected chi connectivity index (χ0v) is 13.8. The number of benzene rings is 2. The lowest BCUT2D eigenvalue weighted by molar-refractivity contribution is 0.0690. The molecule has 0 atom stereocenters. The molecule has 0 fully saturated rings. The van der Waals surface area contributed by atoms with Crippen molar-refractivity contribution in [2.45, 2.75) is 33.0 Å². The third kappa shape index (κ3) is 4.58. The van der Waals surface area contributed by atoms with Crippen LogP contribution in [0, 0.1) is 0 Å². The van der Waals surface area contributed by atoms with E-state index in [0.717, 1.165) is 11.1 Å². The van der Waals surface area contributed by atoms with E-state index in [2.05, 4.69) is 0 Å². The van der Waals surface area contributed by atoms with Crippen LogP contribution in [0.2, 0.25) is 0 Å². The third-order valence-electron chi connectivity index (χ3n) is 3.52. The summed E-state index contributed by atoms with van der Waals surface area (Å²) in [5, 5.41) is 0. The fourth-order valence-corrected chi connectivity index (χ4v) is 2.22. The van der Waals surface area contributed by atoms with E-state index in [1.165, 1.54) is 0 Å². The van der Waals surface area contributed by atoms with E-state index in [1.807, 2.05) is 73.3 Å². The van der Waals surface area contributed by atoms with Crippen molar-refractivity contribution in [2.24, 2.45) is 5.73 Å². The molecule has 0 bridgehead atoms. The van der Waals surface area contributed by atoms with Crippen LogP contribution in [0.25, 0.3) is 0 Å². The van der Waals surface area contributed by atoms with Crippen molar-refractivity contribution in [3.8, 4) is 0 Å². The minimum absolute atomic E-state index is 0. The molecule has 4 heteroatoms. The molecule has 0 spiro atoms. The van der Waals surface area contributed by atoms with Crippen LogP contribution in [-0.4, -0.2) is 16.8 Å². The predicted octanol–water partition coefficient (Wildman–Crippen LogP) is 3.62. The van der Waals surface area contributed by atoms with Gasteiger partial charge in [-0.15, -0.1) is 12.4 Å². The van der Waals surface area contributed by atoms with Crippen molar-refractivity contribution in [3.05, 3.63) is 71.3 Å². The van der Waals surface area contributed by atoms with E-state index >= 15 is 0 Å². The van der Waals surface area contributed by atoms with Crippen LogP contribution < -0.4 is 5.73 Å². The highest BCUT2D eigenvalue weighted by Gasteiger charge is 2.18. The predicted molar refractivity (Wildman–Crippen MR) is 93.0 cm³/mol. The summed E-state index contributed by atoms with van der Waals surface area (Å²) in [4.78, 5) is 14.6. The van der Waals surface area contributed by atoms with Crippen LogP contribution in [0.3, 0.4) is 0 Å². The summed E-state index contributed by atoms with van der Waals surface area (Å²) in [5.41, 5.74) is 8.47. The first kappa shape index (κ1) is 18.2. The van der Waals surface area contributed by atoms with E-state index in [9.17, 15) is 4.79 Å². The highest BCUT2D eigenvalue weighted by atomic mass is 35.5. The number of hydrogen-bond acceptors (Lipinski definition) is 2. The zero-order valence-electron chi connectivity index (χ0n) is 13.0. The Balaban J connectivity index is 0.00000242. The fraction of sp³-hybridized carbons (Fsp3) is 0.278. The van der Waals surface area contributed by atoms with Gasteiger partial charge >= 0.3 is 0 Å². The topological polar surface area (TPSA) is 46.3 Å². The number of hydrogen-bond donors (Lipinski definition) is 1. The normalized spacial score (nSPS) is 10.2. The standard InChI is InChI=1S/C18H22N2O.ClH/c1-14(2)20(13-16-6-4-3-5-7-16)18(21)17-10-8-15(12-19)9-11-17;/h3-11,14H,12-13,19H2,1-2H3;1H. The molecular weight excluding hydrogens is 296 g/mol. The third-order valence-corrected chi connectivity index (χ3v) is 3.52. The number of nitrogens with zero attached hydrogens (tertiary/aromatic N) is 1. The van der Waals surface area contributed by atoms with E-state index in [1.54, 1.807) is 0 Å². The highest BCUT2D eigenvalue weighted by molar-refractivity contribution is 5.94. The Morgan fingerprint density at radius 1 is 1.00 bits per heavy atom. The lowest BCUT2D eigenvalue weighted by Gasteiger charge is -2.27. The van der Waals surface area contributed by atoms with Gasteiger partial charge in [-0.05, 0) is 37.1 Å². The van der Waals surface area contributed by atoms with Gasteiger partial charge in [0.25, 0.3) is 5.91 Å². The second kappa shape index (κ2) is 8.57. The smallest absolute Gasteiger partial charge is 0.254 e. The van der Waals surface area contributed by atoms with E-state index in [4.69, 9.17) is 5.73 Å². The first-order valence-electron chi connectivity index (χ1n) is 7.25. The van der Waals surface area contributed by atoms with Gasteiger partial charge in [0.15, 0.2) is 0 Å². The molecule has 0 aliphatic rings. The summed E-state index contributed by atoms with van der Waals surface area (Å²) in [7, 11) is 0. The number of nitrogens with two attached hydrogens (primary N) is 1. The minimum atomic E-state index is 0. The second-order valence-electron chi connectivity index (χ2n) is 5.41. The molecule has 22 heavy (non-hydrogen) atoms. The van der Waals surface area contributed by atoms with Crippen LogP contribution >= 0.6 is 12.4 Å². The molecular formula is C18H23ClN2O. The summed E-state index contributed by atoms with van der Waals surface area (Å²) in [6.45, 7) is 5.19. The molecule has 0 radical (unpaired) electrons. The van der Waals surface area contributed by atoms with Crippen molar-refractivity contribution in [3.63, 3.8) is 0 Å². The van der Waals surface area contributed by atoms with Crippen LogP contribution in [0.1, 0.15) is 35.3 Å². The van der Waals surface area contributed by atoms with Gasteiger partial charge in [0.2, 0.25) is 0 Å². The molecule has 1 amide bonds. The number of halogens is 1. The Morgan fingerprint density at radius 3 is 2.09 bits per heavy atom. The Labute approximate surface area is 138 Å². The van der Waals surface area contributed by atoms with Crippen LogP contribution in [-0.2, 0) is 13.1 Å². The summed E-state index contributed by atoms with van der Waals surface area (Å²) < 4.78 is 0. The maximum atomic E-state index is 12.7. The Hall–Kier alpha value is -1.84. The summed E-state index contributed by atoms with van der Waals surface area (Å²) in [5.74, 6) is 0.0532. The van der Waals surface area contributed by atoms with Crippen LogP contribution in [0.5, 0.6) is 0 Å². The molecule has 0 saturated carbocycles. The highest BCUT2D eigenvalue weighted by Crippen LogP contribution is 2.14. The van der Waals surface area contributed by atoms with E-state index in [-0.39, 0.29) is 24.4 Å². The SMILES string of the molecule is CC(C)N(Cc1ccccc1)C(=O)c1ccc(CN)cc1.Cl. The molecule has 0 aliphatic carbocycles. The summed E-state index contributed by atoms with van der Waals surface area (Å²) >= 11 is 0. The first-order valence-corrected chi connectivity index (χ1v) is 7.25. The molecule has 0 heterocycles. The average molecular weight is 319 g/mol. The largest absolute Gasteiger partial charge is 0.332 e. The minimum Gasteiger partial charge on any atom is -0.332 e. The lowest BCUT2D eigenvalue weighted by atomic mass is 10.1. The van der Waals surface area contributed by atoms with Crippen molar-refractivity contribution in [1.82, 2.24) is 4.90 Å². The number of carbonyl (C=O) groups excluding carboxylic acids is 1. The van der Waals surface area contributed by atoms with Crippen molar-refractivity contribution >= 4 is 18.3 Å². The Kier molecular flexibility index (Phi) is 7.09. The summed E-state index contributed by atoms with van der Waals surface area (Å²) in [6, 6.07) is 17.7. The van der Waals surface area contributed by atoms with Crippen molar-refractivity contribution in [2.75, 3.05) is 0 Å². The Morgan fingerprint density at radius 2 is 1.59 bits per heavy atom. The molecule has 2 N–H and O–H groups in total. The van der Waals surface area contributed by atoms with E-state index in [0.29, 0.717) is 18.7 Å². The molecule has 0 aromatic heterocycles. The van der Waals surface area contributed by atoms with Gasteiger partial charge in [-0.2, -0.15) is 0 Å². The number of rotatable bonds is 5. The maximum absolute atomic E-state index is 12.7. The molecule has 0 aliphatic heterocycles. The van der Waals surface area contributed by atoms with E-state index < -0.39 is 0 Å². The molecule has 3 nitrogen and oxygen atoms in total. The molecule has 0 saturated heterocycles. The van der Waals surface area contributed by atoms with Crippen LogP contribution in [0.15, 0.2) is 54.6 Å². The second-order valence-corrected chi connectivity index (χ2v) is 5.41. The monoisotopic (exact) mass is 318 g/mol. The van der Waals surface area contributed by atoms with Gasteiger partial charge in [0.05, 0.1) is 0 Å². The van der Waals surface area contributed by atoms with Gasteiger partial charge in [-0.25, -0.2) is 0 Å². The van der Waals surface area contributed by atoms with Gasteiger partial charge in [0.1, 0.15) is 0 Å². The number of amides is 1. The first-order chi connectivity index (χ1) is 10.1. The molecule has 2 aromatic carbocycles. The molecule has 118 valence electrons. The quantitative estimate of drug-likeness (QED) is 0.915.